The average Bonchev–Trinajstić information content (AvgIpc) is 2.59. The molecule has 0 bridgehead atoms. The Balaban J connectivity index is 1.78. The highest BCUT2D eigenvalue weighted by Gasteiger charge is 2.17. The topological polar surface area (TPSA) is 80.1 Å². The quantitative estimate of drug-likeness (QED) is 0.604. The summed E-state index contributed by atoms with van der Waals surface area (Å²) in [5.41, 5.74) is 0.714. The van der Waals surface area contributed by atoms with Gasteiger partial charge < -0.3 is 18.9 Å². The van der Waals surface area contributed by atoms with Crippen LogP contribution in [0.5, 0.6) is 23.0 Å². The predicted molar refractivity (Wildman–Crippen MR) is 86.4 cm³/mol. The predicted octanol–water partition coefficient (Wildman–Crippen LogP) is 3.61. The molecule has 0 spiro atoms. The second-order valence-corrected chi connectivity index (χ2v) is 5.39. The highest BCUT2D eigenvalue weighted by Crippen LogP contribution is 2.39. The Morgan fingerprint density at radius 1 is 1.21 bits per heavy atom. The van der Waals surface area contributed by atoms with Crippen molar-refractivity contribution in [1.29, 1.82) is 0 Å². The highest BCUT2D eigenvalue weighted by molar-refractivity contribution is 6.32. The zero-order valence-electron chi connectivity index (χ0n) is 12.8. The molecule has 24 heavy (non-hydrogen) atoms. The van der Waals surface area contributed by atoms with Crippen LogP contribution >= 0.6 is 11.6 Å². The van der Waals surface area contributed by atoms with Crippen molar-refractivity contribution in [2.75, 3.05) is 20.3 Å². The normalized spacial score (nSPS) is 12.6. The van der Waals surface area contributed by atoms with Gasteiger partial charge in [0.05, 0.1) is 23.1 Å². The average molecular weight is 352 g/mol. The standard InChI is InChI=1S/C16H14ClNO6/c1-21-14-8-11(18(19)20)2-3-13(14)24-9-10-6-12(17)16-15(7-10)22-4-5-23-16/h2-3,6-8H,4-5,9H2,1H3. The van der Waals surface area contributed by atoms with Gasteiger partial charge in [-0.2, -0.15) is 0 Å². The Morgan fingerprint density at radius 2 is 2.00 bits per heavy atom. The fourth-order valence-electron chi connectivity index (χ4n) is 2.30. The molecule has 1 aliphatic heterocycles. The molecule has 2 aromatic rings. The first-order valence-corrected chi connectivity index (χ1v) is 7.49. The van der Waals surface area contributed by atoms with Crippen LogP contribution < -0.4 is 18.9 Å². The molecule has 7 nitrogen and oxygen atoms in total. The van der Waals surface area contributed by atoms with Crippen molar-refractivity contribution in [2.45, 2.75) is 6.61 Å². The van der Waals surface area contributed by atoms with Crippen molar-refractivity contribution in [3.05, 3.63) is 51.0 Å². The summed E-state index contributed by atoms with van der Waals surface area (Å²) in [6, 6.07) is 7.68. The van der Waals surface area contributed by atoms with Crippen LogP contribution in [0.1, 0.15) is 5.56 Å². The molecule has 0 N–H and O–H groups in total. The third-order valence-corrected chi connectivity index (χ3v) is 3.69. The molecule has 1 heterocycles. The van der Waals surface area contributed by atoms with E-state index in [0.29, 0.717) is 35.5 Å². The van der Waals surface area contributed by atoms with E-state index in [2.05, 4.69) is 0 Å². The zero-order chi connectivity index (χ0) is 17.1. The summed E-state index contributed by atoms with van der Waals surface area (Å²) in [6.07, 6.45) is 0. The summed E-state index contributed by atoms with van der Waals surface area (Å²) in [4.78, 5) is 10.3. The molecule has 0 saturated heterocycles. The number of nitro groups is 1. The van der Waals surface area contributed by atoms with Crippen LogP contribution in [0.25, 0.3) is 0 Å². The molecule has 0 aliphatic carbocycles. The van der Waals surface area contributed by atoms with E-state index in [0.717, 1.165) is 5.56 Å². The maximum Gasteiger partial charge on any atom is 0.273 e. The van der Waals surface area contributed by atoms with Gasteiger partial charge in [0, 0.05) is 6.07 Å². The van der Waals surface area contributed by atoms with Crippen LogP contribution in [-0.4, -0.2) is 25.2 Å². The second kappa shape index (κ2) is 6.84. The van der Waals surface area contributed by atoms with Crippen molar-refractivity contribution in [3.63, 3.8) is 0 Å². The summed E-state index contributed by atoms with van der Waals surface area (Å²) in [6.45, 7) is 1.12. The maximum atomic E-state index is 10.8. The molecule has 126 valence electrons. The first kappa shape index (κ1) is 16.2. The Morgan fingerprint density at radius 3 is 2.75 bits per heavy atom. The Labute approximate surface area is 142 Å². The number of ether oxygens (including phenoxy) is 4. The van der Waals surface area contributed by atoms with Gasteiger partial charge >= 0.3 is 0 Å². The molecule has 3 rings (SSSR count). The van der Waals surface area contributed by atoms with E-state index in [-0.39, 0.29) is 18.0 Å². The fourth-order valence-corrected chi connectivity index (χ4v) is 2.59. The van der Waals surface area contributed by atoms with Crippen LogP contribution in [-0.2, 0) is 6.61 Å². The van der Waals surface area contributed by atoms with E-state index in [4.69, 9.17) is 30.5 Å². The molecule has 0 radical (unpaired) electrons. The lowest BCUT2D eigenvalue weighted by Crippen LogP contribution is -2.16. The first-order chi connectivity index (χ1) is 11.6. The van der Waals surface area contributed by atoms with Gasteiger partial charge in [0.2, 0.25) is 0 Å². The maximum absolute atomic E-state index is 10.8. The number of hydrogen-bond acceptors (Lipinski definition) is 6. The number of nitro benzene ring substituents is 1. The zero-order valence-corrected chi connectivity index (χ0v) is 13.5. The summed E-state index contributed by atoms with van der Waals surface area (Å²) >= 11 is 6.18. The van der Waals surface area contributed by atoms with Gasteiger partial charge in [-0.3, -0.25) is 10.1 Å². The highest BCUT2D eigenvalue weighted by atomic mass is 35.5. The SMILES string of the molecule is COc1cc([N+](=O)[O-])ccc1OCc1cc(Cl)c2c(c1)OCCO2. The van der Waals surface area contributed by atoms with Gasteiger partial charge in [-0.05, 0) is 23.8 Å². The monoisotopic (exact) mass is 351 g/mol. The number of methoxy groups -OCH3 is 1. The molecule has 0 aromatic heterocycles. The molecule has 0 atom stereocenters. The number of halogens is 1. The number of non-ortho nitro benzene ring substituents is 1. The van der Waals surface area contributed by atoms with E-state index >= 15 is 0 Å². The third kappa shape index (κ3) is 3.30. The minimum Gasteiger partial charge on any atom is -0.493 e. The van der Waals surface area contributed by atoms with Gasteiger partial charge in [-0.25, -0.2) is 0 Å². The van der Waals surface area contributed by atoms with E-state index in [1.165, 1.54) is 25.3 Å². The van der Waals surface area contributed by atoms with Gasteiger partial charge in [-0.1, -0.05) is 11.6 Å². The Kier molecular flexibility index (Phi) is 4.61. The second-order valence-electron chi connectivity index (χ2n) is 4.98. The molecule has 2 aromatic carbocycles. The first-order valence-electron chi connectivity index (χ1n) is 7.11. The molecule has 0 saturated carbocycles. The lowest BCUT2D eigenvalue weighted by atomic mass is 10.2. The Bertz CT molecular complexity index is 779. The minimum absolute atomic E-state index is 0.0680. The number of benzene rings is 2. The Hall–Kier alpha value is -2.67. The van der Waals surface area contributed by atoms with Crippen LogP contribution in [0, 0.1) is 10.1 Å². The van der Waals surface area contributed by atoms with Gasteiger partial charge in [0.15, 0.2) is 23.0 Å². The van der Waals surface area contributed by atoms with E-state index in [9.17, 15) is 10.1 Å². The van der Waals surface area contributed by atoms with Crippen LogP contribution in [0.3, 0.4) is 0 Å². The smallest absolute Gasteiger partial charge is 0.273 e. The van der Waals surface area contributed by atoms with Gasteiger partial charge in [0.25, 0.3) is 5.69 Å². The van der Waals surface area contributed by atoms with Crippen LogP contribution in [0.2, 0.25) is 5.02 Å². The van der Waals surface area contributed by atoms with Crippen molar-refractivity contribution in [2.24, 2.45) is 0 Å². The number of nitrogens with zero attached hydrogens (tertiary/aromatic N) is 1. The third-order valence-electron chi connectivity index (χ3n) is 3.41. The molecule has 0 unspecified atom stereocenters. The fraction of sp³-hybridized carbons (Fsp3) is 0.250. The lowest BCUT2D eigenvalue weighted by Gasteiger charge is -2.20. The lowest BCUT2D eigenvalue weighted by molar-refractivity contribution is -0.385. The molecule has 1 aliphatic rings. The van der Waals surface area contributed by atoms with Crippen LogP contribution in [0.4, 0.5) is 5.69 Å². The van der Waals surface area contributed by atoms with E-state index in [1.807, 2.05) is 0 Å². The summed E-state index contributed by atoms with van der Waals surface area (Å²) < 4.78 is 21.8. The number of hydrogen-bond donors (Lipinski definition) is 0. The van der Waals surface area contributed by atoms with Crippen molar-refractivity contribution >= 4 is 17.3 Å². The van der Waals surface area contributed by atoms with Crippen molar-refractivity contribution < 1.29 is 23.9 Å². The van der Waals surface area contributed by atoms with E-state index in [1.54, 1.807) is 12.1 Å². The van der Waals surface area contributed by atoms with Gasteiger partial charge in [0.1, 0.15) is 19.8 Å². The summed E-state index contributed by atoms with van der Waals surface area (Å²) in [5, 5.41) is 11.2. The molecule has 0 amide bonds. The van der Waals surface area contributed by atoms with E-state index < -0.39 is 4.92 Å². The van der Waals surface area contributed by atoms with Crippen LogP contribution in [0.15, 0.2) is 30.3 Å². The molecular weight excluding hydrogens is 338 g/mol. The minimum atomic E-state index is -0.493. The largest absolute Gasteiger partial charge is 0.493 e. The molecular formula is C16H14ClNO6. The number of rotatable bonds is 5. The van der Waals surface area contributed by atoms with Crippen molar-refractivity contribution in [1.82, 2.24) is 0 Å². The molecule has 0 fully saturated rings. The summed E-state index contributed by atoms with van der Waals surface area (Å²) in [5.74, 6) is 1.78. The van der Waals surface area contributed by atoms with Gasteiger partial charge in [-0.15, -0.1) is 0 Å². The van der Waals surface area contributed by atoms with Crippen molar-refractivity contribution in [3.8, 4) is 23.0 Å². The summed E-state index contributed by atoms with van der Waals surface area (Å²) in [7, 11) is 1.42. The molecule has 8 heteroatoms. The number of fused-ring (bicyclic) bond motifs is 1.